The molecule has 0 aliphatic rings. The van der Waals surface area contributed by atoms with Crippen LogP contribution < -0.4 is 5.32 Å². The first-order valence-corrected chi connectivity index (χ1v) is 12.6. The smallest absolute Gasteiger partial charge is 0.253 e. The van der Waals surface area contributed by atoms with E-state index in [0.29, 0.717) is 17.4 Å². The zero-order valence-electron chi connectivity index (χ0n) is 17.9. The van der Waals surface area contributed by atoms with Crippen molar-refractivity contribution in [2.75, 3.05) is 17.3 Å². The van der Waals surface area contributed by atoms with Gasteiger partial charge in [0.1, 0.15) is 0 Å². The van der Waals surface area contributed by atoms with E-state index in [4.69, 9.17) is 11.6 Å². The molecule has 0 fully saturated rings. The summed E-state index contributed by atoms with van der Waals surface area (Å²) in [5.74, 6) is 0.635. The summed E-state index contributed by atoms with van der Waals surface area (Å²) in [6.45, 7) is 3.97. The maximum absolute atomic E-state index is 12.4. The zero-order chi connectivity index (χ0) is 22.7. The highest BCUT2D eigenvalue weighted by Crippen LogP contribution is 2.24. The second-order valence-electron chi connectivity index (χ2n) is 7.20. The number of benzene rings is 2. The first-order valence-electron chi connectivity index (χ1n) is 9.97. The van der Waals surface area contributed by atoms with Gasteiger partial charge < -0.3 is 5.32 Å². The molecule has 0 spiro atoms. The monoisotopic (exact) mass is 483 g/mol. The predicted molar refractivity (Wildman–Crippen MR) is 132 cm³/mol. The molecule has 0 atom stereocenters. The minimum Gasteiger partial charge on any atom is -0.325 e. The number of anilines is 1. The number of hydrogen-bond donors (Lipinski definition) is 1. The summed E-state index contributed by atoms with van der Waals surface area (Å²) in [4.78, 5) is 22.6. The van der Waals surface area contributed by atoms with E-state index in [1.165, 1.54) is 11.8 Å². The predicted octanol–water partition coefficient (Wildman–Crippen LogP) is 5.44. The largest absolute Gasteiger partial charge is 0.325 e. The number of hydrogen-bond acceptors (Lipinski definition) is 6. The van der Waals surface area contributed by atoms with Gasteiger partial charge in [0.05, 0.1) is 5.75 Å². The molecule has 1 amide bonds. The molecular formula is C23H22ClN5OS2. The number of fused-ring (bicyclic) bond motifs is 1. The van der Waals surface area contributed by atoms with Crippen LogP contribution in [0, 0.1) is 13.8 Å². The Kier molecular flexibility index (Phi) is 7.03. The summed E-state index contributed by atoms with van der Waals surface area (Å²) in [7, 11) is 0. The molecule has 1 N–H and O–H groups in total. The molecule has 164 valence electrons. The van der Waals surface area contributed by atoms with Crippen LogP contribution in [-0.2, 0) is 11.2 Å². The van der Waals surface area contributed by atoms with E-state index in [2.05, 4.69) is 20.4 Å². The molecule has 0 aliphatic carbocycles. The van der Waals surface area contributed by atoms with Crippen molar-refractivity contribution >= 4 is 52.5 Å². The fourth-order valence-corrected chi connectivity index (χ4v) is 4.65. The molecule has 0 saturated carbocycles. The Labute approximate surface area is 200 Å². The Morgan fingerprint density at radius 1 is 1.12 bits per heavy atom. The molecule has 0 aliphatic heterocycles. The number of thioether (sulfide) groups is 2. The van der Waals surface area contributed by atoms with Gasteiger partial charge in [-0.2, -0.15) is 4.98 Å². The molecule has 9 heteroatoms. The third-order valence-electron chi connectivity index (χ3n) is 5.04. The Hall–Kier alpha value is -2.55. The number of nitrogens with one attached hydrogen (secondary N) is 1. The summed E-state index contributed by atoms with van der Waals surface area (Å²) in [6.07, 6.45) is 2.67. The van der Waals surface area contributed by atoms with Crippen molar-refractivity contribution in [1.82, 2.24) is 19.6 Å². The standard InChI is InChI=1S/C23H22ClN5OS2/c1-14-19(11-16-7-4-5-10-20(16)24)15(2)29-22(25-14)27-23(28-29)32-13-21(30)26-17-8-6-9-18(12-17)31-3/h4-10,12H,11,13H2,1-3H3,(H,26,30). The normalized spacial score (nSPS) is 11.1. The van der Waals surface area contributed by atoms with Crippen LogP contribution in [0.5, 0.6) is 0 Å². The molecule has 2 heterocycles. The molecule has 32 heavy (non-hydrogen) atoms. The van der Waals surface area contributed by atoms with E-state index >= 15 is 0 Å². The average Bonchev–Trinajstić information content (AvgIpc) is 3.19. The van der Waals surface area contributed by atoms with Crippen LogP contribution in [0.4, 0.5) is 5.69 Å². The summed E-state index contributed by atoms with van der Waals surface area (Å²) >= 11 is 9.27. The quantitative estimate of drug-likeness (QED) is 0.353. The molecule has 4 aromatic rings. The Morgan fingerprint density at radius 2 is 1.94 bits per heavy atom. The van der Waals surface area contributed by atoms with Crippen molar-refractivity contribution < 1.29 is 4.79 Å². The van der Waals surface area contributed by atoms with Crippen molar-refractivity contribution in [3.63, 3.8) is 0 Å². The molecule has 4 rings (SSSR count). The number of carbonyl (C=O) groups excluding carboxylic acids is 1. The van der Waals surface area contributed by atoms with Gasteiger partial charge in [-0.15, -0.1) is 16.9 Å². The second kappa shape index (κ2) is 9.94. The topological polar surface area (TPSA) is 72.2 Å². The van der Waals surface area contributed by atoms with Gasteiger partial charge in [-0.3, -0.25) is 4.79 Å². The van der Waals surface area contributed by atoms with Gasteiger partial charge in [0, 0.05) is 33.4 Å². The Bertz CT molecular complexity index is 1290. The summed E-state index contributed by atoms with van der Waals surface area (Å²) in [6, 6.07) is 15.6. The summed E-state index contributed by atoms with van der Waals surface area (Å²) < 4.78 is 1.74. The molecule has 0 unspecified atom stereocenters. The van der Waals surface area contributed by atoms with Crippen LogP contribution in [0.3, 0.4) is 0 Å². The molecular weight excluding hydrogens is 462 g/mol. The lowest BCUT2D eigenvalue weighted by molar-refractivity contribution is -0.113. The van der Waals surface area contributed by atoms with E-state index in [9.17, 15) is 4.79 Å². The fraction of sp³-hybridized carbons (Fsp3) is 0.217. The number of rotatable bonds is 7. The van der Waals surface area contributed by atoms with E-state index < -0.39 is 0 Å². The van der Waals surface area contributed by atoms with Crippen LogP contribution in [0.2, 0.25) is 5.02 Å². The van der Waals surface area contributed by atoms with Crippen LogP contribution >= 0.6 is 35.1 Å². The Balaban J connectivity index is 1.49. The molecule has 6 nitrogen and oxygen atoms in total. The highest BCUT2D eigenvalue weighted by molar-refractivity contribution is 7.99. The fourth-order valence-electron chi connectivity index (χ4n) is 3.37. The van der Waals surface area contributed by atoms with Crippen molar-refractivity contribution in [3.8, 4) is 0 Å². The highest BCUT2D eigenvalue weighted by Gasteiger charge is 2.16. The van der Waals surface area contributed by atoms with Crippen LogP contribution in [0.25, 0.3) is 5.78 Å². The van der Waals surface area contributed by atoms with Gasteiger partial charge in [-0.05, 0) is 55.5 Å². The van der Waals surface area contributed by atoms with E-state index in [0.717, 1.165) is 38.1 Å². The lowest BCUT2D eigenvalue weighted by Crippen LogP contribution is -2.14. The first-order chi connectivity index (χ1) is 15.4. The van der Waals surface area contributed by atoms with Gasteiger partial charge >= 0.3 is 0 Å². The molecule has 2 aromatic carbocycles. The van der Waals surface area contributed by atoms with Crippen molar-refractivity contribution in [1.29, 1.82) is 0 Å². The third kappa shape index (κ3) is 5.09. The average molecular weight is 484 g/mol. The Morgan fingerprint density at radius 3 is 2.72 bits per heavy atom. The van der Waals surface area contributed by atoms with Crippen molar-refractivity contribution in [2.45, 2.75) is 30.3 Å². The number of halogens is 1. The van der Waals surface area contributed by atoms with Gasteiger partial charge in [0.2, 0.25) is 11.1 Å². The van der Waals surface area contributed by atoms with Gasteiger partial charge in [0.25, 0.3) is 5.78 Å². The lowest BCUT2D eigenvalue weighted by Gasteiger charge is -2.11. The SMILES string of the molecule is CSc1cccc(NC(=O)CSc2nc3nc(C)c(Cc4ccccc4Cl)c(C)n3n2)c1. The molecule has 0 radical (unpaired) electrons. The van der Waals surface area contributed by atoms with Gasteiger partial charge in [-0.1, -0.05) is 47.6 Å². The maximum atomic E-state index is 12.4. The number of nitrogens with zero attached hydrogens (tertiary/aromatic N) is 4. The summed E-state index contributed by atoms with van der Waals surface area (Å²) in [5, 5.41) is 8.74. The van der Waals surface area contributed by atoms with Gasteiger partial charge in [-0.25, -0.2) is 9.50 Å². The second-order valence-corrected chi connectivity index (χ2v) is 9.43. The van der Waals surface area contributed by atoms with E-state index in [1.54, 1.807) is 16.3 Å². The van der Waals surface area contributed by atoms with Crippen LogP contribution in [-0.4, -0.2) is 37.5 Å². The number of amides is 1. The van der Waals surface area contributed by atoms with Gasteiger partial charge in [0.15, 0.2) is 0 Å². The summed E-state index contributed by atoms with van der Waals surface area (Å²) in [5.41, 5.74) is 4.75. The molecule has 0 saturated heterocycles. The number of aromatic nitrogens is 4. The molecule has 2 aromatic heterocycles. The lowest BCUT2D eigenvalue weighted by atomic mass is 10.0. The van der Waals surface area contributed by atoms with Crippen LogP contribution in [0.15, 0.2) is 58.6 Å². The van der Waals surface area contributed by atoms with E-state index in [-0.39, 0.29) is 11.7 Å². The minimum atomic E-state index is -0.104. The van der Waals surface area contributed by atoms with Crippen LogP contribution in [0.1, 0.15) is 22.5 Å². The highest BCUT2D eigenvalue weighted by atomic mass is 35.5. The van der Waals surface area contributed by atoms with Crippen molar-refractivity contribution in [3.05, 3.63) is 76.1 Å². The zero-order valence-corrected chi connectivity index (χ0v) is 20.3. The first kappa shape index (κ1) is 22.6. The third-order valence-corrected chi connectivity index (χ3v) is 6.97. The molecule has 0 bridgehead atoms. The maximum Gasteiger partial charge on any atom is 0.253 e. The number of carbonyl (C=O) groups is 1. The van der Waals surface area contributed by atoms with Crippen molar-refractivity contribution in [2.24, 2.45) is 0 Å². The minimum absolute atomic E-state index is 0.104. The number of aryl methyl sites for hydroxylation is 2. The van der Waals surface area contributed by atoms with E-state index in [1.807, 2.05) is 68.6 Å².